The van der Waals surface area contributed by atoms with Gasteiger partial charge in [0.2, 0.25) is 5.82 Å². The van der Waals surface area contributed by atoms with Crippen molar-refractivity contribution in [1.82, 2.24) is 19.9 Å². The maximum atomic E-state index is 13.6. The highest BCUT2D eigenvalue weighted by atomic mass is 19.4. The predicted octanol–water partition coefficient (Wildman–Crippen LogP) is 4.84. The summed E-state index contributed by atoms with van der Waals surface area (Å²) >= 11 is 0. The maximum absolute atomic E-state index is 13.6. The molecule has 0 bridgehead atoms. The fourth-order valence-corrected chi connectivity index (χ4v) is 5.72. The summed E-state index contributed by atoms with van der Waals surface area (Å²) in [5.74, 6) is -0.908. The molecule has 2 aromatic heterocycles. The van der Waals surface area contributed by atoms with Crippen LogP contribution in [0, 0.1) is 5.82 Å². The first-order valence-electron chi connectivity index (χ1n) is 11.5. The Labute approximate surface area is 200 Å². The molecule has 5 rings (SSSR count). The van der Waals surface area contributed by atoms with Gasteiger partial charge in [0.25, 0.3) is 0 Å². The van der Waals surface area contributed by atoms with Crippen molar-refractivity contribution in [3.05, 3.63) is 71.7 Å². The summed E-state index contributed by atoms with van der Waals surface area (Å²) in [7, 11) is 3.42. The zero-order valence-corrected chi connectivity index (χ0v) is 19.3. The molecule has 10 heteroatoms. The molecule has 1 N–H and O–H groups in total. The van der Waals surface area contributed by atoms with E-state index in [2.05, 4.69) is 15.3 Å². The third-order valence-electron chi connectivity index (χ3n) is 7.23. The van der Waals surface area contributed by atoms with Gasteiger partial charge in [0, 0.05) is 30.3 Å². The molecule has 0 radical (unpaired) electrons. The van der Waals surface area contributed by atoms with Gasteiger partial charge in [0.05, 0.1) is 25.0 Å². The Morgan fingerprint density at radius 3 is 2.63 bits per heavy atom. The van der Waals surface area contributed by atoms with E-state index >= 15 is 0 Å². The molecule has 0 amide bonds. The average Bonchev–Trinajstić information content (AvgIpc) is 3.58. The number of hydrogen-bond donors (Lipinski definition) is 1. The molecule has 1 aromatic carbocycles. The van der Waals surface area contributed by atoms with Gasteiger partial charge in [-0.15, -0.1) is 0 Å². The molecular formula is C25H26F4N4O2. The van der Waals surface area contributed by atoms with E-state index < -0.39 is 17.6 Å². The number of hydrogen-bond acceptors (Lipinski definition) is 5. The first-order valence-corrected chi connectivity index (χ1v) is 11.5. The van der Waals surface area contributed by atoms with Gasteiger partial charge in [0.1, 0.15) is 17.4 Å². The summed E-state index contributed by atoms with van der Waals surface area (Å²) in [6, 6.07) is 9.77. The van der Waals surface area contributed by atoms with E-state index in [-0.39, 0.29) is 29.5 Å². The van der Waals surface area contributed by atoms with E-state index in [9.17, 15) is 17.6 Å². The van der Waals surface area contributed by atoms with E-state index in [1.54, 1.807) is 18.2 Å². The number of alkyl halides is 3. The highest BCUT2D eigenvalue weighted by Gasteiger charge is 2.54. The van der Waals surface area contributed by atoms with E-state index in [1.807, 2.05) is 7.05 Å². The van der Waals surface area contributed by atoms with Crippen LogP contribution < -0.4 is 10.1 Å². The number of nitrogens with one attached hydrogen (secondary N) is 1. The lowest BCUT2D eigenvalue weighted by Gasteiger charge is -2.34. The van der Waals surface area contributed by atoms with Gasteiger partial charge in [-0.2, -0.15) is 13.2 Å². The lowest BCUT2D eigenvalue weighted by Crippen LogP contribution is -2.39. The summed E-state index contributed by atoms with van der Waals surface area (Å²) < 4.78 is 66.8. The molecule has 1 saturated carbocycles. The zero-order valence-electron chi connectivity index (χ0n) is 19.3. The lowest BCUT2D eigenvalue weighted by molar-refractivity contribution is -0.146. The predicted molar refractivity (Wildman–Crippen MR) is 120 cm³/mol. The Balaban J connectivity index is 1.50. The largest absolute Gasteiger partial charge is 0.495 e. The second-order valence-corrected chi connectivity index (χ2v) is 9.12. The third-order valence-corrected chi connectivity index (χ3v) is 7.23. The Hall–Kier alpha value is -2.98. The molecule has 3 heterocycles. The van der Waals surface area contributed by atoms with Crippen molar-refractivity contribution < 1.29 is 27.0 Å². The molecule has 6 nitrogen and oxygen atoms in total. The Morgan fingerprint density at radius 1 is 1.17 bits per heavy atom. The van der Waals surface area contributed by atoms with Crippen LogP contribution >= 0.6 is 0 Å². The molecule has 1 aliphatic heterocycles. The number of halogens is 4. The third kappa shape index (κ3) is 4.18. The van der Waals surface area contributed by atoms with Gasteiger partial charge in [-0.25, -0.2) is 14.4 Å². The number of benzene rings is 1. The SMILES string of the molecule is CN[C@H]1CC[C@@]2(C[C@@H](c3nc(-n4ccnc4C(F)(F)F)ccc3OC)CO2)[C@H]1c1ccc(F)cc1. The van der Waals surface area contributed by atoms with Crippen molar-refractivity contribution in [3.63, 3.8) is 0 Å². The van der Waals surface area contributed by atoms with Crippen LogP contribution in [0.15, 0.2) is 48.8 Å². The van der Waals surface area contributed by atoms with Crippen molar-refractivity contribution in [2.24, 2.45) is 0 Å². The number of nitrogens with zero attached hydrogens (tertiary/aromatic N) is 3. The van der Waals surface area contributed by atoms with Crippen molar-refractivity contribution in [2.75, 3.05) is 20.8 Å². The van der Waals surface area contributed by atoms with Crippen LogP contribution in [0.3, 0.4) is 0 Å². The van der Waals surface area contributed by atoms with Gasteiger partial charge >= 0.3 is 6.18 Å². The normalized spacial score (nSPS) is 26.5. The number of methoxy groups -OCH3 is 1. The van der Waals surface area contributed by atoms with Crippen molar-refractivity contribution in [3.8, 4) is 11.6 Å². The highest BCUT2D eigenvalue weighted by molar-refractivity contribution is 5.40. The summed E-state index contributed by atoms with van der Waals surface area (Å²) in [6.45, 7) is 0.358. The summed E-state index contributed by atoms with van der Waals surface area (Å²) in [5.41, 5.74) is 1.05. The molecule has 1 aliphatic carbocycles. The van der Waals surface area contributed by atoms with Gasteiger partial charge in [-0.05, 0) is 56.1 Å². The fraction of sp³-hybridized carbons (Fsp3) is 0.440. The minimum Gasteiger partial charge on any atom is -0.495 e. The first-order chi connectivity index (χ1) is 16.8. The minimum absolute atomic E-state index is 0.00208. The number of aromatic nitrogens is 3. The Bertz CT molecular complexity index is 1200. The fourth-order valence-electron chi connectivity index (χ4n) is 5.72. The summed E-state index contributed by atoms with van der Waals surface area (Å²) in [4.78, 5) is 8.07. The first kappa shape index (κ1) is 23.7. The summed E-state index contributed by atoms with van der Waals surface area (Å²) in [6.07, 6.45) is 0.0494. The van der Waals surface area contributed by atoms with Crippen LogP contribution in [0.2, 0.25) is 0 Å². The number of likely N-dealkylation sites (N-methyl/N-ethyl adjacent to an activating group) is 1. The van der Waals surface area contributed by atoms with Gasteiger partial charge < -0.3 is 14.8 Å². The summed E-state index contributed by atoms with van der Waals surface area (Å²) in [5, 5.41) is 3.37. The molecular weight excluding hydrogens is 464 g/mol. The minimum atomic E-state index is -4.61. The van der Waals surface area contributed by atoms with Crippen molar-refractivity contribution in [1.29, 1.82) is 0 Å². The second kappa shape index (κ2) is 8.91. The molecule has 4 atom stereocenters. The van der Waals surface area contributed by atoms with Crippen molar-refractivity contribution in [2.45, 2.75) is 48.9 Å². The molecule has 2 fully saturated rings. The standard InChI is InChI=1S/C25H26F4N4O2/c1-30-18-9-10-24(21(18)15-3-5-17(26)6-4-15)13-16(14-35-24)22-19(34-2)7-8-20(32-22)33-12-11-31-23(33)25(27,28)29/h3-8,11-12,16,18,21,30H,9-10,13-14H2,1-2H3/t16-,18+,21+,24-/m1/s1. The van der Waals surface area contributed by atoms with Gasteiger partial charge in [0.15, 0.2) is 0 Å². The molecule has 2 aliphatic rings. The average molecular weight is 491 g/mol. The molecule has 0 unspecified atom stereocenters. The topological polar surface area (TPSA) is 61.2 Å². The molecule has 1 saturated heterocycles. The monoisotopic (exact) mass is 490 g/mol. The van der Waals surface area contributed by atoms with E-state index in [4.69, 9.17) is 9.47 Å². The van der Waals surface area contributed by atoms with Crippen LogP contribution in [0.5, 0.6) is 5.75 Å². The van der Waals surface area contributed by atoms with Crippen LogP contribution in [-0.2, 0) is 10.9 Å². The number of pyridine rings is 1. The zero-order chi connectivity index (χ0) is 24.8. The number of imidazole rings is 1. The van der Waals surface area contributed by atoms with E-state index in [0.29, 0.717) is 24.5 Å². The Kier molecular flexibility index (Phi) is 6.04. The maximum Gasteiger partial charge on any atom is 0.450 e. The second-order valence-electron chi connectivity index (χ2n) is 9.12. The van der Waals surface area contributed by atoms with Crippen LogP contribution in [0.1, 0.15) is 48.2 Å². The quantitative estimate of drug-likeness (QED) is 0.519. The Morgan fingerprint density at radius 2 is 1.94 bits per heavy atom. The van der Waals surface area contributed by atoms with Crippen molar-refractivity contribution >= 4 is 0 Å². The lowest BCUT2D eigenvalue weighted by atomic mass is 9.78. The molecule has 35 heavy (non-hydrogen) atoms. The van der Waals surface area contributed by atoms with Gasteiger partial charge in [-0.1, -0.05) is 12.1 Å². The van der Waals surface area contributed by atoms with Crippen LogP contribution in [-0.4, -0.2) is 46.9 Å². The number of ether oxygens (including phenoxy) is 2. The van der Waals surface area contributed by atoms with E-state index in [1.165, 1.54) is 31.5 Å². The highest BCUT2D eigenvalue weighted by Crippen LogP contribution is 2.54. The molecule has 1 spiro atoms. The number of rotatable bonds is 5. The van der Waals surface area contributed by atoms with E-state index in [0.717, 1.165) is 29.2 Å². The van der Waals surface area contributed by atoms with Crippen LogP contribution in [0.4, 0.5) is 17.6 Å². The molecule has 186 valence electrons. The smallest absolute Gasteiger partial charge is 0.450 e. The molecule has 3 aromatic rings. The van der Waals surface area contributed by atoms with Crippen LogP contribution in [0.25, 0.3) is 5.82 Å². The van der Waals surface area contributed by atoms with Gasteiger partial charge in [-0.3, -0.25) is 4.57 Å².